The molecule has 2 aromatic rings. The van der Waals surface area contributed by atoms with Crippen molar-refractivity contribution >= 4 is 12.0 Å². The van der Waals surface area contributed by atoms with E-state index in [1.807, 2.05) is 41.2 Å². The van der Waals surface area contributed by atoms with Gasteiger partial charge in [-0.1, -0.05) is 0 Å². The number of hydrogen-bond acceptors (Lipinski definition) is 3. The highest BCUT2D eigenvalue weighted by atomic mass is 16.5. The molecule has 1 aromatic carbocycles. The van der Waals surface area contributed by atoms with Crippen molar-refractivity contribution in [3.8, 4) is 5.69 Å². The van der Waals surface area contributed by atoms with Crippen LogP contribution < -0.4 is 10.6 Å². The lowest BCUT2D eigenvalue weighted by atomic mass is 10.2. The highest BCUT2D eigenvalue weighted by Gasteiger charge is 2.05. The molecular formula is C16H19N3O3. The quantitative estimate of drug-likeness (QED) is 0.801. The molecule has 0 bridgehead atoms. The SMILES string of the molecule is CCOC(=O)NCCNC(=O)c1ccc(-n2cccc2)cc1. The first-order valence-electron chi connectivity index (χ1n) is 7.13. The van der Waals surface area contributed by atoms with E-state index in [1.54, 1.807) is 19.1 Å². The molecule has 116 valence electrons. The summed E-state index contributed by atoms with van der Waals surface area (Å²) in [6, 6.07) is 11.2. The minimum atomic E-state index is -0.479. The Kier molecular flexibility index (Phi) is 5.59. The van der Waals surface area contributed by atoms with Crippen LogP contribution in [0.2, 0.25) is 0 Å². The van der Waals surface area contributed by atoms with Crippen molar-refractivity contribution < 1.29 is 14.3 Å². The summed E-state index contributed by atoms with van der Waals surface area (Å²) in [5, 5.41) is 5.27. The molecule has 0 fully saturated rings. The first kappa shape index (κ1) is 15.6. The number of nitrogens with zero attached hydrogens (tertiary/aromatic N) is 1. The summed E-state index contributed by atoms with van der Waals surface area (Å²) in [5.41, 5.74) is 1.57. The molecule has 6 heteroatoms. The average molecular weight is 301 g/mol. The number of amides is 2. The van der Waals surface area contributed by atoms with Gasteiger partial charge in [0.05, 0.1) is 6.61 Å². The number of benzene rings is 1. The smallest absolute Gasteiger partial charge is 0.407 e. The van der Waals surface area contributed by atoms with Gasteiger partial charge < -0.3 is 19.9 Å². The highest BCUT2D eigenvalue weighted by Crippen LogP contribution is 2.09. The van der Waals surface area contributed by atoms with Gasteiger partial charge in [0.25, 0.3) is 5.91 Å². The van der Waals surface area contributed by atoms with Gasteiger partial charge in [0.1, 0.15) is 0 Å². The fourth-order valence-electron chi connectivity index (χ4n) is 1.92. The molecule has 0 saturated heterocycles. The Balaban J connectivity index is 1.79. The number of rotatable bonds is 6. The molecule has 0 saturated carbocycles. The zero-order chi connectivity index (χ0) is 15.8. The van der Waals surface area contributed by atoms with Crippen LogP contribution in [0.15, 0.2) is 48.8 Å². The zero-order valence-corrected chi connectivity index (χ0v) is 12.4. The van der Waals surface area contributed by atoms with E-state index < -0.39 is 6.09 Å². The van der Waals surface area contributed by atoms with E-state index in [2.05, 4.69) is 10.6 Å². The molecular weight excluding hydrogens is 282 g/mol. The van der Waals surface area contributed by atoms with Crippen LogP contribution in [-0.4, -0.2) is 36.3 Å². The predicted molar refractivity (Wildman–Crippen MR) is 83.1 cm³/mol. The largest absolute Gasteiger partial charge is 0.450 e. The average Bonchev–Trinajstić information content (AvgIpc) is 3.06. The maximum atomic E-state index is 12.0. The number of carbonyl (C=O) groups excluding carboxylic acids is 2. The summed E-state index contributed by atoms with van der Waals surface area (Å²) in [4.78, 5) is 23.0. The van der Waals surface area contributed by atoms with Crippen LogP contribution in [0, 0.1) is 0 Å². The molecule has 2 amide bonds. The number of ether oxygens (including phenoxy) is 1. The van der Waals surface area contributed by atoms with Crippen molar-refractivity contribution in [2.24, 2.45) is 0 Å². The second kappa shape index (κ2) is 7.87. The Morgan fingerprint density at radius 3 is 2.32 bits per heavy atom. The minimum absolute atomic E-state index is 0.176. The molecule has 1 heterocycles. The van der Waals surface area contributed by atoms with Crippen LogP contribution >= 0.6 is 0 Å². The summed E-state index contributed by atoms with van der Waals surface area (Å²) in [7, 11) is 0. The van der Waals surface area contributed by atoms with E-state index in [4.69, 9.17) is 4.74 Å². The summed E-state index contributed by atoms with van der Waals surface area (Å²) in [5.74, 6) is -0.176. The molecule has 0 spiro atoms. The summed E-state index contributed by atoms with van der Waals surface area (Å²) < 4.78 is 6.68. The Labute approximate surface area is 129 Å². The molecule has 0 aliphatic heterocycles. The van der Waals surface area contributed by atoms with Crippen LogP contribution in [0.25, 0.3) is 5.69 Å². The third kappa shape index (κ3) is 4.37. The van der Waals surface area contributed by atoms with Crippen molar-refractivity contribution in [2.75, 3.05) is 19.7 Å². The lowest BCUT2D eigenvalue weighted by molar-refractivity contribution is 0.0952. The fourth-order valence-corrected chi connectivity index (χ4v) is 1.92. The maximum absolute atomic E-state index is 12.0. The molecule has 22 heavy (non-hydrogen) atoms. The standard InChI is InChI=1S/C16H19N3O3/c1-2-22-16(21)18-10-9-17-15(20)13-5-7-14(8-6-13)19-11-3-4-12-19/h3-8,11-12H,2,9-10H2,1H3,(H,17,20)(H,18,21). The van der Waals surface area contributed by atoms with Crippen molar-refractivity contribution in [1.29, 1.82) is 0 Å². The number of carbonyl (C=O) groups is 2. The lowest BCUT2D eigenvalue weighted by Crippen LogP contribution is -2.34. The second-order valence-corrected chi connectivity index (χ2v) is 4.54. The fraction of sp³-hybridized carbons (Fsp3) is 0.250. The summed E-state index contributed by atoms with van der Waals surface area (Å²) in [6.07, 6.45) is 3.40. The normalized spacial score (nSPS) is 10.0. The van der Waals surface area contributed by atoms with E-state index in [9.17, 15) is 9.59 Å². The minimum Gasteiger partial charge on any atom is -0.450 e. The van der Waals surface area contributed by atoms with E-state index in [0.717, 1.165) is 5.69 Å². The molecule has 6 nitrogen and oxygen atoms in total. The van der Waals surface area contributed by atoms with Crippen molar-refractivity contribution in [3.05, 3.63) is 54.4 Å². The van der Waals surface area contributed by atoms with Crippen LogP contribution in [-0.2, 0) is 4.74 Å². The molecule has 0 aliphatic carbocycles. The van der Waals surface area contributed by atoms with Crippen molar-refractivity contribution in [3.63, 3.8) is 0 Å². The molecule has 0 aliphatic rings. The molecule has 2 rings (SSSR count). The van der Waals surface area contributed by atoms with Gasteiger partial charge in [0, 0.05) is 36.7 Å². The number of hydrogen-bond donors (Lipinski definition) is 2. The third-order valence-corrected chi connectivity index (χ3v) is 2.99. The van der Waals surface area contributed by atoms with Crippen LogP contribution in [0.4, 0.5) is 4.79 Å². The predicted octanol–water partition coefficient (Wildman–Crippen LogP) is 1.95. The first-order chi connectivity index (χ1) is 10.7. The summed E-state index contributed by atoms with van der Waals surface area (Å²) in [6.45, 7) is 2.73. The topological polar surface area (TPSA) is 72.4 Å². The number of alkyl carbamates (subject to hydrolysis) is 1. The maximum Gasteiger partial charge on any atom is 0.407 e. The molecule has 0 unspecified atom stereocenters. The van der Waals surface area contributed by atoms with E-state index in [-0.39, 0.29) is 5.91 Å². The van der Waals surface area contributed by atoms with Gasteiger partial charge in [-0.2, -0.15) is 0 Å². The molecule has 0 radical (unpaired) electrons. The highest BCUT2D eigenvalue weighted by molar-refractivity contribution is 5.94. The van der Waals surface area contributed by atoms with Gasteiger partial charge in [0.2, 0.25) is 0 Å². The van der Waals surface area contributed by atoms with Gasteiger partial charge in [-0.25, -0.2) is 4.79 Å². The Bertz CT molecular complexity index is 606. The number of nitrogens with one attached hydrogen (secondary N) is 2. The molecule has 0 atom stereocenters. The van der Waals surface area contributed by atoms with Crippen molar-refractivity contribution in [1.82, 2.24) is 15.2 Å². The third-order valence-electron chi connectivity index (χ3n) is 2.99. The second-order valence-electron chi connectivity index (χ2n) is 4.54. The van der Waals surface area contributed by atoms with E-state index in [1.165, 1.54) is 0 Å². The van der Waals surface area contributed by atoms with E-state index >= 15 is 0 Å². The van der Waals surface area contributed by atoms with Crippen LogP contribution in [0.5, 0.6) is 0 Å². The Hall–Kier alpha value is -2.76. The Morgan fingerprint density at radius 2 is 1.68 bits per heavy atom. The lowest BCUT2D eigenvalue weighted by Gasteiger charge is -2.08. The molecule has 1 aromatic heterocycles. The van der Waals surface area contributed by atoms with Gasteiger partial charge in [-0.15, -0.1) is 0 Å². The molecule has 2 N–H and O–H groups in total. The Morgan fingerprint density at radius 1 is 1.05 bits per heavy atom. The zero-order valence-electron chi connectivity index (χ0n) is 12.4. The first-order valence-corrected chi connectivity index (χ1v) is 7.13. The van der Waals surface area contributed by atoms with Gasteiger partial charge >= 0.3 is 6.09 Å². The van der Waals surface area contributed by atoms with Crippen LogP contribution in [0.1, 0.15) is 17.3 Å². The van der Waals surface area contributed by atoms with Crippen LogP contribution in [0.3, 0.4) is 0 Å². The van der Waals surface area contributed by atoms with Crippen molar-refractivity contribution in [2.45, 2.75) is 6.92 Å². The van der Waals surface area contributed by atoms with Gasteiger partial charge in [0.15, 0.2) is 0 Å². The summed E-state index contributed by atoms with van der Waals surface area (Å²) >= 11 is 0. The number of aromatic nitrogens is 1. The van der Waals surface area contributed by atoms with Gasteiger partial charge in [-0.3, -0.25) is 4.79 Å². The van der Waals surface area contributed by atoms with E-state index in [0.29, 0.717) is 25.3 Å². The van der Waals surface area contributed by atoms with Gasteiger partial charge in [-0.05, 0) is 43.3 Å². The monoisotopic (exact) mass is 301 g/mol.